The minimum Gasteiger partial charge on any atom is -0.453 e. The fourth-order valence-corrected chi connectivity index (χ4v) is 1.70. The van der Waals surface area contributed by atoms with Crippen LogP contribution >= 0.6 is 0 Å². The zero-order chi connectivity index (χ0) is 12.3. The van der Waals surface area contributed by atoms with Gasteiger partial charge in [-0.25, -0.2) is 0 Å². The van der Waals surface area contributed by atoms with E-state index in [0.717, 1.165) is 11.3 Å². The fourth-order valence-electron chi connectivity index (χ4n) is 1.70. The normalized spacial score (nSPS) is 10.5. The highest BCUT2D eigenvalue weighted by Crippen LogP contribution is 2.29. The van der Waals surface area contributed by atoms with Gasteiger partial charge in [-0.3, -0.25) is 4.79 Å². The van der Waals surface area contributed by atoms with Gasteiger partial charge in [0.15, 0.2) is 12.0 Å². The van der Waals surface area contributed by atoms with E-state index in [2.05, 4.69) is 19.2 Å². The van der Waals surface area contributed by atoms with Gasteiger partial charge in [0, 0.05) is 17.3 Å². The summed E-state index contributed by atoms with van der Waals surface area (Å²) < 4.78 is 5.43. The monoisotopic (exact) mass is 229 g/mol. The largest absolute Gasteiger partial charge is 0.453 e. The summed E-state index contributed by atoms with van der Waals surface area (Å²) in [5.74, 6) is 1.05. The Morgan fingerprint density at radius 1 is 1.18 bits per heavy atom. The molecule has 2 aromatic rings. The van der Waals surface area contributed by atoms with Crippen molar-refractivity contribution >= 4 is 12.0 Å². The maximum atomic E-state index is 10.6. The lowest BCUT2D eigenvalue weighted by Crippen LogP contribution is -2.10. The summed E-state index contributed by atoms with van der Waals surface area (Å²) in [4.78, 5) is 10.6. The van der Waals surface area contributed by atoms with Crippen LogP contribution in [0.1, 0.15) is 24.4 Å². The Labute approximate surface area is 100 Å². The number of para-hydroxylation sites is 1. The van der Waals surface area contributed by atoms with Gasteiger partial charge in [-0.2, -0.15) is 0 Å². The highest BCUT2D eigenvalue weighted by atomic mass is 16.3. The van der Waals surface area contributed by atoms with Gasteiger partial charge in [-0.1, -0.05) is 12.1 Å². The Hall–Kier alpha value is -2.03. The molecule has 3 nitrogen and oxygen atoms in total. The van der Waals surface area contributed by atoms with Crippen molar-refractivity contribution in [3.63, 3.8) is 0 Å². The molecule has 2 rings (SSSR count). The zero-order valence-corrected chi connectivity index (χ0v) is 9.94. The third kappa shape index (κ3) is 2.56. The average Bonchev–Trinajstić information content (AvgIpc) is 2.77. The molecule has 88 valence electrons. The number of carbonyl (C=O) groups excluding carboxylic acids is 1. The minimum absolute atomic E-state index is 0.344. The predicted octanol–water partition coefficient (Wildman–Crippen LogP) is 3.58. The Morgan fingerprint density at radius 3 is 2.59 bits per heavy atom. The maximum absolute atomic E-state index is 10.6. The number of hydrogen-bond donors (Lipinski definition) is 1. The van der Waals surface area contributed by atoms with Gasteiger partial charge < -0.3 is 9.73 Å². The average molecular weight is 229 g/mol. The molecular weight excluding hydrogens is 214 g/mol. The smallest absolute Gasteiger partial charge is 0.185 e. The summed E-state index contributed by atoms with van der Waals surface area (Å²) in [6, 6.07) is 11.7. The van der Waals surface area contributed by atoms with Gasteiger partial charge in [-0.05, 0) is 38.1 Å². The molecule has 1 N–H and O–H groups in total. The van der Waals surface area contributed by atoms with Crippen molar-refractivity contribution in [2.45, 2.75) is 19.9 Å². The number of rotatable bonds is 4. The van der Waals surface area contributed by atoms with Crippen molar-refractivity contribution in [3.05, 3.63) is 42.2 Å². The van der Waals surface area contributed by atoms with E-state index in [-0.39, 0.29) is 0 Å². The lowest BCUT2D eigenvalue weighted by Gasteiger charge is -2.13. The van der Waals surface area contributed by atoms with Gasteiger partial charge in [0.05, 0.1) is 0 Å². The van der Waals surface area contributed by atoms with E-state index in [4.69, 9.17) is 4.42 Å². The van der Waals surface area contributed by atoms with Gasteiger partial charge in [-0.15, -0.1) is 0 Å². The summed E-state index contributed by atoms with van der Waals surface area (Å²) in [6.45, 7) is 4.16. The van der Waals surface area contributed by atoms with Gasteiger partial charge in [0.25, 0.3) is 0 Å². The number of hydrogen-bond acceptors (Lipinski definition) is 3. The quantitative estimate of drug-likeness (QED) is 0.815. The van der Waals surface area contributed by atoms with E-state index in [0.29, 0.717) is 23.8 Å². The molecule has 0 unspecified atom stereocenters. The topological polar surface area (TPSA) is 42.2 Å². The predicted molar refractivity (Wildman–Crippen MR) is 68.3 cm³/mol. The van der Waals surface area contributed by atoms with Gasteiger partial charge in [0.1, 0.15) is 5.76 Å². The Morgan fingerprint density at radius 2 is 1.94 bits per heavy atom. The van der Waals surface area contributed by atoms with Gasteiger partial charge >= 0.3 is 0 Å². The van der Waals surface area contributed by atoms with Crippen molar-refractivity contribution in [2.24, 2.45) is 0 Å². The Kier molecular flexibility index (Phi) is 3.28. The maximum Gasteiger partial charge on any atom is 0.185 e. The van der Waals surface area contributed by atoms with Crippen molar-refractivity contribution in [1.29, 1.82) is 0 Å². The Bertz CT molecular complexity index is 514. The third-order valence-corrected chi connectivity index (χ3v) is 2.38. The molecule has 0 amide bonds. The first kappa shape index (κ1) is 11.5. The standard InChI is InChI=1S/C14H15NO2/c1-10(2)15-13-6-4-3-5-12(13)14-8-7-11(9-16)17-14/h3-10,15H,1-2H3. The van der Waals surface area contributed by atoms with Gasteiger partial charge in [0.2, 0.25) is 0 Å². The second-order valence-electron chi connectivity index (χ2n) is 4.16. The molecule has 0 aliphatic rings. The highest BCUT2D eigenvalue weighted by molar-refractivity contribution is 5.78. The first-order valence-corrected chi connectivity index (χ1v) is 5.61. The summed E-state index contributed by atoms with van der Waals surface area (Å²) in [5.41, 5.74) is 1.98. The molecule has 0 fully saturated rings. The molecule has 1 aromatic carbocycles. The molecule has 0 aliphatic carbocycles. The minimum atomic E-state index is 0.344. The fraction of sp³-hybridized carbons (Fsp3) is 0.214. The van der Waals surface area contributed by atoms with Crippen molar-refractivity contribution in [3.8, 4) is 11.3 Å². The number of nitrogens with one attached hydrogen (secondary N) is 1. The SMILES string of the molecule is CC(C)Nc1ccccc1-c1ccc(C=O)o1. The second kappa shape index (κ2) is 4.87. The molecule has 0 radical (unpaired) electrons. The van der Waals surface area contributed by atoms with E-state index in [1.807, 2.05) is 30.3 Å². The van der Waals surface area contributed by atoms with Crippen molar-refractivity contribution < 1.29 is 9.21 Å². The van der Waals surface area contributed by atoms with Crippen LogP contribution in [0.25, 0.3) is 11.3 Å². The van der Waals surface area contributed by atoms with Crippen LogP contribution in [0.2, 0.25) is 0 Å². The molecule has 0 saturated carbocycles. The Balaban J connectivity index is 2.40. The molecule has 0 aliphatic heterocycles. The number of carbonyl (C=O) groups is 1. The van der Waals surface area contributed by atoms with E-state index >= 15 is 0 Å². The molecule has 3 heteroatoms. The van der Waals surface area contributed by atoms with Crippen LogP contribution < -0.4 is 5.32 Å². The van der Waals surface area contributed by atoms with Crippen LogP contribution in [0.3, 0.4) is 0 Å². The molecule has 0 atom stereocenters. The molecule has 0 spiro atoms. The van der Waals surface area contributed by atoms with E-state index in [1.165, 1.54) is 0 Å². The molecule has 0 bridgehead atoms. The van der Waals surface area contributed by atoms with Crippen molar-refractivity contribution in [2.75, 3.05) is 5.32 Å². The van der Waals surface area contributed by atoms with E-state index in [1.54, 1.807) is 6.07 Å². The summed E-state index contributed by atoms with van der Waals surface area (Å²) in [7, 11) is 0. The van der Waals surface area contributed by atoms with E-state index < -0.39 is 0 Å². The second-order valence-corrected chi connectivity index (χ2v) is 4.16. The summed E-state index contributed by atoms with van der Waals surface area (Å²) >= 11 is 0. The highest BCUT2D eigenvalue weighted by Gasteiger charge is 2.09. The first-order chi connectivity index (χ1) is 8.20. The van der Waals surface area contributed by atoms with Crippen LogP contribution in [0.5, 0.6) is 0 Å². The summed E-state index contributed by atoms with van der Waals surface area (Å²) in [5, 5.41) is 3.35. The molecule has 1 aromatic heterocycles. The van der Waals surface area contributed by atoms with Crippen molar-refractivity contribution in [1.82, 2.24) is 0 Å². The van der Waals surface area contributed by atoms with E-state index in [9.17, 15) is 4.79 Å². The van der Waals surface area contributed by atoms with Crippen LogP contribution in [-0.4, -0.2) is 12.3 Å². The lowest BCUT2D eigenvalue weighted by atomic mass is 10.1. The molecular formula is C14H15NO2. The molecule has 1 heterocycles. The van der Waals surface area contributed by atoms with Crippen LogP contribution in [-0.2, 0) is 0 Å². The number of benzene rings is 1. The van der Waals surface area contributed by atoms with Crippen LogP contribution in [0.4, 0.5) is 5.69 Å². The zero-order valence-electron chi connectivity index (χ0n) is 9.94. The summed E-state index contributed by atoms with van der Waals surface area (Å²) in [6.07, 6.45) is 0.710. The van der Waals surface area contributed by atoms with Crippen LogP contribution in [0.15, 0.2) is 40.8 Å². The number of furan rings is 1. The number of aldehydes is 1. The third-order valence-electron chi connectivity index (χ3n) is 2.38. The molecule has 17 heavy (non-hydrogen) atoms. The first-order valence-electron chi connectivity index (χ1n) is 5.61. The lowest BCUT2D eigenvalue weighted by molar-refractivity contribution is 0.110. The molecule has 0 saturated heterocycles. The number of anilines is 1. The van der Waals surface area contributed by atoms with Crippen LogP contribution in [0, 0.1) is 0 Å².